The van der Waals surface area contributed by atoms with Gasteiger partial charge in [0.1, 0.15) is 6.26 Å². The smallest absolute Gasteiger partial charge is 0.124 e. The van der Waals surface area contributed by atoms with Gasteiger partial charge in [0.2, 0.25) is 0 Å². The summed E-state index contributed by atoms with van der Waals surface area (Å²) in [5.74, 6) is 0. The van der Waals surface area contributed by atoms with E-state index in [2.05, 4.69) is 23.9 Å². The number of nitrogens with zero attached hydrogens (tertiary/aromatic N) is 2. The molecule has 0 bridgehead atoms. The molecule has 1 aromatic rings. The summed E-state index contributed by atoms with van der Waals surface area (Å²) < 4.78 is 4.83. The number of hydrogen-bond acceptors (Lipinski definition) is 4. The van der Waals surface area contributed by atoms with Crippen LogP contribution >= 0.6 is 0 Å². The molecule has 1 saturated heterocycles. The molecule has 4 nitrogen and oxygen atoms in total. The molecule has 84 valence electrons. The Morgan fingerprint density at radius 1 is 1.67 bits per heavy atom. The zero-order valence-corrected chi connectivity index (χ0v) is 9.44. The number of hydrogen-bond donors (Lipinski definition) is 1. The Morgan fingerprint density at radius 2 is 2.47 bits per heavy atom. The first-order valence-electron chi connectivity index (χ1n) is 5.45. The van der Waals surface area contributed by atoms with Crippen LogP contribution < -0.4 is 5.73 Å². The van der Waals surface area contributed by atoms with E-state index in [1.165, 1.54) is 0 Å². The van der Waals surface area contributed by atoms with Crippen molar-refractivity contribution in [3.8, 4) is 0 Å². The summed E-state index contributed by atoms with van der Waals surface area (Å²) in [6.45, 7) is 7.41. The fraction of sp³-hybridized carbons (Fsp3) is 0.727. The minimum Gasteiger partial charge on any atom is -0.364 e. The molecule has 0 aliphatic carbocycles. The Bertz CT molecular complexity index is 308. The average molecular weight is 209 g/mol. The normalized spacial score (nSPS) is 26.7. The van der Waals surface area contributed by atoms with Crippen molar-refractivity contribution >= 4 is 0 Å². The second-order valence-electron chi connectivity index (χ2n) is 5.09. The largest absolute Gasteiger partial charge is 0.364 e. The van der Waals surface area contributed by atoms with Crippen LogP contribution in [0.3, 0.4) is 0 Å². The molecule has 2 N–H and O–H groups in total. The van der Waals surface area contributed by atoms with Crippen LogP contribution in [0, 0.1) is 5.41 Å². The Hall–Kier alpha value is -0.870. The highest BCUT2D eigenvalue weighted by atomic mass is 16.5. The molecule has 0 amide bonds. The zero-order chi connectivity index (χ0) is 10.9. The highest BCUT2D eigenvalue weighted by Crippen LogP contribution is 2.28. The van der Waals surface area contributed by atoms with E-state index in [0.29, 0.717) is 6.04 Å². The first kappa shape index (κ1) is 10.6. The summed E-state index contributed by atoms with van der Waals surface area (Å²) in [5, 5.41) is 3.93. The molecular formula is C11H19N3O. The van der Waals surface area contributed by atoms with Crippen molar-refractivity contribution in [2.45, 2.75) is 32.9 Å². The lowest BCUT2D eigenvalue weighted by molar-refractivity contribution is 0.0880. The van der Waals surface area contributed by atoms with Gasteiger partial charge in [-0.15, -0.1) is 0 Å². The Kier molecular flexibility index (Phi) is 2.80. The van der Waals surface area contributed by atoms with Crippen molar-refractivity contribution < 1.29 is 4.52 Å². The van der Waals surface area contributed by atoms with Crippen molar-refractivity contribution in [3.05, 3.63) is 18.0 Å². The maximum Gasteiger partial charge on any atom is 0.124 e. The summed E-state index contributed by atoms with van der Waals surface area (Å²) >= 11 is 0. The predicted molar refractivity (Wildman–Crippen MR) is 58.2 cm³/mol. The molecule has 0 spiro atoms. The number of rotatable bonds is 2. The average Bonchev–Trinajstić information content (AvgIpc) is 2.63. The van der Waals surface area contributed by atoms with Gasteiger partial charge in [0.25, 0.3) is 0 Å². The van der Waals surface area contributed by atoms with Gasteiger partial charge in [-0.3, -0.25) is 4.90 Å². The first-order valence-corrected chi connectivity index (χ1v) is 5.45. The molecule has 2 heterocycles. The fourth-order valence-corrected chi connectivity index (χ4v) is 2.17. The number of aromatic nitrogens is 1. The van der Waals surface area contributed by atoms with Gasteiger partial charge in [0.05, 0.1) is 5.69 Å². The molecule has 0 aromatic carbocycles. The Morgan fingerprint density at radius 3 is 3.07 bits per heavy atom. The van der Waals surface area contributed by atoms with E-state index in [0.717, 1.165) is 31.7 Å². The molecule has 4 heteroatoms. The van der Waals surface area contributed by atoms with E-state index < -0.39 is 0 Å². The van der Waals surface area contributed by atoms with Crippen LogP contribution in [0.1, 0.15) is 26.0 Å². The zero-order valence-electron chi connectivity index (χ0n) is 9.44. The molecule has 1 atom stereocenters. The second-order valence-corrected chi connectivity index (χ2v) is 5.09. The van der Waals surface area contributed by atoms with Crippen LogP contribution in [-0.4, -0.2) is 29.2 Å². The summed E-state index contributed by atoms with van der Waals surface area (Å²) in [6, 6.07) is 2.23. The molecule has 1 unspecified atom stereocenters. The van der Waals surface area contributed by atoms with Crippen molar-refractivity contribution in [1.82, 2.24) is 10.1 Å². The van der Waals surface area contributed by atoms with Crippen molar-refractivity contribution in [1.29, 1.82) is 0 Å². The lowest BCUT2D eigenvalue weighted by Gasteiger charge is -2.42. The maximum absolute atomic E-state index is 6.09. The Labute approximate surface area is 90.4 Å². The van der Waals surface area contributed by atoms with E-state index in [4.69, 9.17) is 10.3 Å². The fourth-order valence-electron chi connectivity index (χ4n) is 2.17. The molecule has 2 rings (SSSR count). The molecular weight excluding hydrogens is 190 g/mol. The third-order valence-electron chi connectivity index (χ3n) is 3.27. The molecule has 15 heavy (non-hydrogen) atoms. The van der Waals surface area contributed by atoms with Gasteiger partial charge < -0.3 is 10.3 Å². The second kappa shape index (κ2) is 3.94. The summed E-state index contributed by atoms with van der Waals surface area (Å²) in [6.07, 6.45) is 2.68. The van der Waals surface area contributed by atoms with Crippen LogP contribution in [0.4, 0.5) is 0 Å². The van der Waals surface area contributed by atoms with Crippen LogP contribution in [0.25, 0.3) is 0 Å². The van der Waals surface area contributed by atoms with Crippen molar-refractivity contribution in [2.24, 2.45) is 11.1 Å². The molecule has 1 fully saturated rings. The molecule has 1 aliphatic rings. The minimum atomic E-state index is 0.196. The van der Waals surface area contributed by atoms with Crippen LogP contribution in [0.2, 0.25) is 0 Å². The van der Waals surface area contributed by atoms with Crippen molar-refractivity contribution in [3.63, 3.8) is 0 Å². The van der Waals surface area contributed by atoms with Gasteiger partial charge in [-0.25, -0.2) is 0 Å². The lowest BCUT2D eigenvalue weighted by Crippen LogP contribution is -2.52. The molecule has 1 aromatic heterocycles. The predicted octanol–water partition coefficient (Wildman–Crippen LogP) is 1.23. The number of nitrogens with two attached hydrogens (primary N) is 1. The highest BCUT2D eigenvalue weighted by molar-refractivity contribution is 4.97. The first-order chi connectivity index (χ1) is 7.08. The van der Waals surface area contributed by atoms with Gasteiger partial charge in [-0.05, 0) is 11.8 Å². The monoisotopic (exact) mass is 209 g/mol. The van der Waals surface area contributed by atoms with Gasteiger partial charge in [0, 0.05) is 31.7 Å². The summed E-state index contributed by atoms with van der Waals surface area (Å²) in [7, 11) is 0. The highest BCUT2D eigenvalue weighted by Gasteiger charge is 2.33. The van der Waals surface area contributed by atoms with Gasteiger partial charge in [0.15, 0.2) is 0 Å². The SMILES string of the molecule is CC1(C)CN(Cc2ccon2)CCC1N. The molecule has 1 aliphatic heterocycles. The van der Waals surface area contributed by atoms with Crippen LogP contribution in [-0.2, 0) is 6.54 Å². The van der Waals surface area contributed by atoms with Crippen LogP contribution in [0.15, 0.2) is 16.9 Å². The molecule has 0 saturated carbocycles. The minimum absolute atomic E-state index is 0.196. The van der Waals surface area contributed by atoms with Crippen molar-refractivity contribution in [2.75, 3.05) is 13.1 Å². The topological polar surface area (TPSA) is 55.3 Å². The number of likely N-dealkylation sites (tertiary alicyclic amines) is 1. The van der Waals surface area contributed by atoms with E-state index >= 15 is 0 Å². The van der Waals surface area contributed by atoms with Gasteiger partial charge in [-0.1, -0.05) is 19.0 Å². The Balaban J connectivity index is 1.95. The van der Waals surface area contributed by atoms with Gasteiger partial charge in [-0.2, -0.15) is 0 Å². The van der Waals surface area contributed by atoms with Gasteiger partial charge >= 0.3 is 0 Å². The van der Waals surface area contributed by atoms with Crippen LogP contribution in [0.5, 0.6) is 0 Å². The summed E-state index contributed by atoms with van der Waals surface area (Å²) in [4.78, 5) is 2.39. The van der Waals surface area contributed by atoms with E-state index in [9.17, 15) is 0 Å². The summed E-state index contributed by atoms with van der Waals surface area (Å²) in [5.41, 5.74) is 7.28. The molecule has 0 radical (unpaired) electrons. The lowest BCUT2D eigenvalue weighted by atomic mass is 9.80. The quantitative estimate of drug-likeness (QED) is 0.796. The maximum atomic E-state index is 6.09. The third-order valence-corrected chi connectivity index (χ3v) is 3.27. The van der Waals surface area contributed by atoms with E-state index in [-0.39, 0.29) is 5.41 Å². The van der Waals surface area contributed by atoms with E-state index in [1.54, 1.807) is 6.26 Å². The standard InChI is InChI=1S/C11H19N3O/c1-11(2)8-14(5-3-10(11)12)7-9-4-6-15-13-9/h4,6,10H,3,5,7-8,12H2,1-2H3. The third kappa shape index (κ3) is 2.38. The van der Waals surface area contributed by atoms with E-state index in [1.807, 2.05) is 6.07 Å². The number of piperidine rings is 1.